The topological polar surface area (TPSA) is 3.24 Å². The Hall–Kier alpha value is -0.561. The number of benzene rings is 1. The summed E-state index contributed by atoms with van der Waals surface area (Å²) in [5.41, 5.74) is 2.85. The van der Waals surface area contributed by atoms with Gasteiger partial charge in [0.05, 0.1) is 0 Å². The minimum absolute atomic E-state index is 0.564. The Bertz CT molecular complexity index is 423. The Morgan fingerprint density at radius 1 is 1.23 bits per heavy atom. The van der Waals surface area contributed by atoms with Crippen LogP contribution in [0, 0.1) is 5.92 Å². The number of allylic oxidation sites excluding steroid dienone is 1. The van der Waals surface area contributed by atoms with Crippen LogP contribution in [0.2, 0.25) is 5.82 Å². The van der Waals surface area contributed by atoms with Gasteiger partial charge in [-0.1, -0.05) is 13.8 Å². The minimum atomic E-state index is 0.564. The molecule has 1 rings (SSSR count). The van der Waals surface area contributed by atoms with E-state index in [4.69, 9.17) is 0 Å². The van der Waals surface area contributed by atoms with Crippen molar-refractivity contribution in [2.45, 2.75) is 53.3 Å². The molecule has 0 radical (unpaired) electrons. The fourth-order valence-corrected chi connectivity index (χ4v) is 3.63. The van der Waals surface area contributed by atoms with Gasteiger partial charge in [-0.25, -0.2) is 0 Å². The fourth-order valence-electron chi connectivity index (χ4n) is 2.23. The van der Waals surface area contributed by atoms with Crippen LogP contribution in [0.4, 0.5) is 0 Å². The van der Waals surface area contributed by atoms with E-state index in [9.17, 15) is 0 Å². The molecule has 0 N–H and O–H groups in total. The van der Waals surface area contributed by atoms with Crippen LogP contribution in [0.3, 0.4) is 0 Å². The van der Waals surface area contributed by atoms with Crippen molar-refractivity contribution in [3.05, 3.63) is 35.9 Å². The van der Waals surface area contributed by atoms with Crippen molar-refractivity contribution in [1.82, 2.24) is 4.90 Å². The molecule has 0 saturated heterocycles. The maximum atomic E-state index is 2.42. The molecule has 0 heterocycles. The van der Waals surface area contributed by atoms with Crippen LogP contribution in [0.1, 0.15) is 53.0 Å². The van der Waals surface area contributed by atoms with Crippen LogP contribution in [0.5, 0.6) is 0 Å². The third-order valence-corrected chi connectivity index (χ3v) is 5.23. The molecule has 0 aromatic heterocycles. The van der Waals surface area contributed by atoms with Gasteiger partial charge in [-0.15, -0.1) is 0 Å². The van der Waals surface area contributed by atoms with Crippen LogP contribution in [0.25, 0.3) is 5.57 Å². The molecule has 22 heavy (non-hydrogen) atoms. The van der Waals surface area contributed by atoms with Crippen LogP contribution >= 0.6 is 0 Å². The monoisotopic (exact) mass is 369 g/mol. The van der Waals surface area contributed by atoms with Gasteiger partial charge < -0.3 is 0 Å². The first kappa shape index (κ1) is 21.4. The Kier molecular flexibility index (Phi) is 12.6. The van der Waals surface area contributed by atoms with Gasteiger partial charge in [0.1, 0.15) is 0 Å². The zero-order valence-electron chi connectivity index (χ0n) is 15.6. The summed E-state index contributed by atoms with van der Waals surface area (Å²) in [6, 6.07) is 8.81. The van der Waals surface area contributed by atoms with Gasteiger partial charge >= 0.3 is 131 Å². The molecule has 0 atom stereocenters. The van der Waals surface area contributed by atoms with Crippen molar-refractivity contribution in [3.63, 3.8) is 0 Å². The van der Waals surface area contributed by atoms with Crippen LogP contribution in [-0.4, -0.2) is 40.0 Å². The SMILES string of the molecule is CC.C[Se]c1ccccc1/C(C)=C/CN(C)CCCC(C)C. The molecule has 0 aliphatic carbocycles. The van der Waals surface area contributed by atoms with Crippen molar-refractivity contribution >= 4 is 25.0 Å². The number of likely N-dealkylation sites (N-methyl/N-ethyl adjacent to an activating group) is 1. The predicted molar refractivity (Wildman–Crippen MR) is 104 cm³/mol. The summed E-state index contributed by atoms with van der Waals surface area (Å²) in [5, 5.41) is 0. The number of hydrogen-bond acceptors (Lipinski definition) is 1. The molecule has 0 aliphatic rings. The summed E-state index contributed by atoms with van der Waals surface area (Å²) in [6.07, 6.45) is 5.00. The summed E-state index contributed by atoms with van der Waals surface area (Å²) < 4.78 is 1.51. The standard InChI is InChI=1S/C18H29NSe.C2H6/c1-15(2)9-8-13-19(4)14-12-16(3)17-10-6-7-11-18(17)20-5;1-2/h6-7,10-12,15H,8-9,13-14H2,1-5H3;1-2H3/b16-12+;. The van der Waals surface area contributed by atoms with Crippen molar-refractivity contribution in [3.8, 4) is 0 Å². The Labute approximate surface area is 145 Å². The average Bonchev–Trinajstić information content (AvgIpc) is 2.54. The maximum absolute atomic E-state index is 2.42. The van der Waals surface area contributed by atoms with Gasteiger partial charge in [-0.05, 0) is 0 Å². The zero-order valence-corrected chi connectivity index (χ0v) is 17.4. The molecule has 1 nitrogen and oxygen atoms in total. The second-order valence-electron chi connectivity index (χ2n) is 5.89. The van der Waals surface area contributed by atoms with E-state index >= 15 is 0 Å². The molecule has 0 amide bonds. The van der Waals surface area contributed by atoms with Crippen molar-refractivity contribution in [2.24, 2.45) is 5.92 Å². The van der Waals surface area contributed by atoms with E-state index in [1.165, 1.54) is 35.0 Å². The summed E-state index contributed by atoms with van der Waals surface area (Å²) in [4.78, 5) is 2.42. The van der Waals surface area contributed by atoms with Crippen LogP contribution < -0.4 is 4.46 Å². The number of rotatable bonds is 8. The third kappa shape index (κ3) is 8.78. The first-order chi connectivity index (χ1) is 10.5. The Balaban J connectivity index is 0.00000211. The normalized spacial score (nSPS) is 11.6. The van der Waals surface area contributed by atoms with Crippen LogP contribution in [-0.2, 0) is 0 Å². The van der Waals surface area contributed by atoms with E-state index in [0.29, 0.717) is 15.0 Å². The molecule has 1 aromatic rings. The number of hydrogen-bond donors (Lipinski definition) is 0. The van der Waals surface area contributed by atoms with E-state index < -0.39 is 0 Å². The van der Waals surface area contributed by atoms with E-state index in [-0.39, 0.29) is 0 Å². The molecule has 0 spiro atoms. The quantitative estimate of drug-likeness (QED) is 0.592. The third-order valence-electron chi connectivity index (χ3n) is 3.56. The molecule has 0 saturated carbocycles. The van der Waals surface area contributed by atoms with E-state index in [1.54, 1.807) is 0 Å². The van der Waals surface area contributed by atoms with E-state index in [2.05, 4.69) is 68.9 Å². The Morgan fingerprint density at radius 2 is 1.86 bits per heavy atom. The molecule has 0 bridgehead atoms. The van der Waals surface area contributed by atoms with Gasteiger partial charge in [0, 0.05) is 0 Å². The molecule has 1 aromatic carbocycles. The molecule has 0 fully saturated rings. The second-order valence-corrected chi connectivity index (χ2v) is 7.67. The number of nitrogens with zero attached hydrogens (tertiary/aromatic N) is 1. The van der Waals surface area contributed by atoms with E-state index in [0.717, 1.165) is 12.5 Å². The van der Waals surface area contributed by atoms with E-state index in [1.807, 2.05) is 13.8 Å². The molecule has 126 valence electrons. The Morgan fingerprint density at radius 3 is 2.45 bits per heavy atom. The molecular formula is C20H35NSe. The van der Waals surface area contributed by atoms with Gasteiger partial charge in [-0.3, -0.25) is 0 Å². The molecule has 0 aliphatic heterocycles. The zero-order chi connectivity index (χ0) is 17.0. The molecular weight excluding hydrogens is 333 g/mol. The summed E-state index contributed by atoms with van der Waals surface area (Å²) in [6.45, 7) is 13.1. The van der Waals surface area contributed by atoms with Crippen molar-refractivity contribution in [1.29, 1.82) is 0 Å². The second kappa shape index (κ2) is 12.9. The van der Waals surface area contributed by atoms with Gasteiger partial charge in [-0.2, -0.15) is 0 Å². The summed E-state index contributed by atoms with van der Waals surface area (Å²) >= 11 is 0.564. The fraction of sp³-hybridized carbons (Fsp3) is 0.600. The molecule has 0 unspecified atom stereocenters. The first-order valence-electron chi connectivity index (χ1n) is 8.53. The first-order valence-corrected chi connectivity index (χ1v) is 11.1. The average molecular weight is 368 g/mol. The van der Waals surface area contributed by atoms with Gasteiger partial charge in [0.25, 0.3) is 0 Å². The van der Waals surface area contributed by atoms with Crippen molar-refractivity contribution < 1.29 is 0 Å². The van der Waals surface area contributed by atoms with Gasteiger partial charge in [0.15, 0.2) is 0 Å². The summed E-state index contributed by atoms with van der Waals surface area (Å²) in [7, 11) is 2.22. The van der Waals surface area contributed by atoms with Gasteiger partial charge in [0.2, 0.25) is 0 Å². The predicted octanol–water partition coefficient (Wildman–Crippen LogP) is 4.86. The van der Waals surface area contributed by atoms with Crippen molar-refractivity contribution in [2.75, 3.05) is 20.1 Å². The van der Waals surface area contributed by atoms with Crippen LogP contribution in [0.15, 0.2) is 30.3 Å². The molecule has 2 heteroatoms. The summed E-state index contributed by atoms with van der Waals surface area (Å²) in [5.74, 6) is 3.11.